The first-order chi connectivity index (χ1) is 13.4. The largest absolute Gasteiger partial charge is 0.366 e. The lowest BCUT2D eigenvalue weighted by atomic mass is 9.75. The molecule has 3 atom stereocenters. The first-order valence-corrected chi connectivity index (χ1v) is 11.5. The first kappa shape index (κ1) is 24.4. The lowest BCUT2D eigenvalue weighted by Crippen LogP contribution is -2.62. The van der Waals surface area contributed by atoms with E-state index in [0.717, 1.165) is 6.42 Å². The maximum atomic E-state index is 12.4. The Morgan fingerprint density at radius 1 is 1.03 bits per heavy atom. The zero-order valence-corrected chi connectivity index (χ0v) is 20.4. The molecule has 162 valence electrons. The maximum Gasteiger partial charge on any atom is 0.202 e. The van der Waals surface area contributed by atoms with Crippen LogP contribution in [-0.2, 0) is 9.53 Å². The van der Waals surface area contributed by atoms with E-state index in [1.165, 1.54) is 22.3 Å². The van der Waals surface area contributed by atoms with Crippen LogP contribution in [0, 0.1) is 5.92 Å². The molecule has 0 aliphatic heterocycles. The monoisotopic (exact) mass is 438 g/mol. The minimum atomic E-state index is -1.46. The van der Waals surface area contributed by atoms with Gasteiger partial charge in [-0.1, -0.05) is 83.0 Å². The van der Waals surface area contributed by atoms with Crippen molar-refractivity contribution in [3.63, 3.8) is 0 Å². The number of hydrogen-bond acceptors (Lipinski definition) is 2. The molecule has 2 nitrogen and oxygen atoms in total. The van der Waals surface area contributed by atoms with Gasteiger partial charge in [-0.05, 0) is 59.8 Å². The first-order valence-electron chi connectivity index (χ1n) is 10.8. The van der Waals surface area contributed by atoms with Crippen LogP contribution in [0.1, 0.15) is 107 Å². The summed E-state index contributed by atoms with van der Waals surface area (Å²) < 4.78 is 4.97. The molecule has 1 aliphatic rings. The van der Waals surface area contributed by atoms with E-state index in [4.69, 9.17) is 27.9 Å². The van der Waals surface area contributed by atoms with Crippen LogP contribution in [0.3, 0.4) is 0 Å². The summed E-state index contributed by atoms with van der Waals surface area (Å²) in [5, 5.41) is 0. The number of halogens is 2. The number of ketones is 1. The van der Waals surface area contributed by atoms with E-state index in [9.17, 15) is 4.79 Å². The number of allylic oxidation sites excluding steroid dienone is 1. The van der Waals surface area contributed by atoms with Crippen LogP contribution in [-0.4, -0.2) is 16.2 Å². The van der Waals surface area contributed by atoms with Crippen molar-refractivity contribution in [1.82, 2.24) is 0 Å². The highest BCUT2D eigenvalue weighted by Gasteiger charge is 2.61. The van der Waals surface area contributed by atoms with Gasteiger partial charge in [-0.2, -0.15) is 0 Å². The summed E-state index contributed by atoms with van der Waals surface area (Å²) in [7, 11) is 0. The molecule has 1 aromatic carbocycles. The summed E-state index contributed by atoms with van der Waals surface area (Å²) in [5.74, 6) is 0.780. The molecule has 0 N–H and O–H groups in total. The van der Waals surface area contributed by atoms with Crippen LogP contribution in [0.25, 0.3) is 0 Å². The smallest absolute Gasteiger partial charge is 0.202 e. The fourth-order valence-corrected chi connectivity index (χ4v) is 4.90. The van der Waals surface area contributed by atoms with Crippen molar-refractivity contribution in [2.24, 2.45) is 5.92 Å². The Labute approximate surface area is 187 Å². The molecule has 0 amide bonds. The van der Waals surface area contributed by atoms with Gasteiger partial charge in [0, 0.05) is 0 Å². The summed E-state index contributed by atoms with van der Waals surface area (Å²) in [6.07, 6.45) is 2.52. The molecule has 0 saturated heterocycles. The van der Waals surface area contributed by atoms with Gasteiger partial charge in [0.25, 0.3) is 0 Å². The molecule has 1 saturated carbocycles. The number of alkyl halides is 2. The van der Waals surface area contributed by atoms with Gasteiger partial charge in [0.15, 0.2) is 5.78 Å². The molecule has 29 heavy (non-hydrogen) atoms. The Bertz CT molecular complexity index is 720. The van der Waals surface area contributed by atoms with Crippen LogP contribution in [0.5, 0.6) is 0 Å². The van der Waals surface area contributed by atoms with Crippen molar-refractivity contribution in [1.29, 1.82) is 0 Å². The van der Waals surface area contributed by atoms with Crippen LogP contribution in [0.4, 0.5) is 0 Å². The maximum absolute atomic E-state index is 12.4. The number of benzene rings is 1. The second kappa shape index (κ2) is 9.54. The topological polar surface area (TPSA) is 26.3 Å². The number of carbonyl (C=O) groups is 1. The summed E-state index contributed by atoms with van der Waals surface area (Å²) in [5.41, 5.74) is 5.16. The predicted octanol–water partition coefficient (Wildman–Crippen LogP) is 7.84. The summed E-state index contributed by atoms with van der Waals surface area (Å²) in [6, 6.07) is 4.62. The lowest BCUT2D eigenvalue weighted by Gasteiger charge is -2.46. The molecule has 2 rings (SSSR count). The summed E-state index contributed by atoms with van der Waals surface area (Å²) >= 11 is 12.7. The van der Waals surface area contributed by atoms with Crippen molar-refractivity contribution in [2.45, 2.75) is 95.6 Å². The van der Waals surface area contributed by atoms with Gasteiger partial charge >= 0.3 is 0 Å². The van der Waals surface area contributed by atoms with E-state index in [1.807, 2.05) is 6.08 Å². The van der Waals surface area contributed by atoms with E-state index >= 15 is 0 Å². The molecular formula is C25H36Cl2O2. The predicted molar refractivity (Wildman–Crippen MR) is 124 cm³/mol. The zero-order chi connectivity index (χ0) is 22.1. The third kappa shape index (κ3) is 4.92. The van der Waals surface area contributed by atoms with Gasteiger partial charge in [-0.25, -0.2) is 0 Å². The number of Topliss-reactive ketones (excluding diaryl/α,β-unsaturated/α-hetero) is 1. The lowest BCUT2D eigenvalue weighted by molar-refractivity contribution is -0.154. The van der Waals surface area contributed by atoms with Crippen molar-refractivity contribution >= 4 is 29.0 Å². The molecule has 1 aliphatic carbocycles. The molecule has 1 fully saturated rings. The van der Waals surface area contributed by atoms with Gasteiger partial charge in [0.2, 0.25) is 4.33 Å². The highest BCUT2D eigenvalue weighted by molar-refractivity contribution is 6.61. The minimum Gasteiger partial charge on any atom is -0.366 e. The van der Waals surface area contributed by atoms with E-state index < -0.39 is 10.4 Å². The Hall–Kier alpha value is -0.830. The van der Waals surface area contributed by atoms with E-state index in [0.29, 0.717) is 24.2 Å². The zero-order valence-electron chi connectivity index (χ0n) is 18.9. The van der Waals surface area contributed by atoms with Crippen molar-refractivity contribution in [3.05, 3.63) is 47.0 Å². The fourth-order valence-electron chi connectivity index (χ4n) is 4.21. The normalized spacial score (nSPS) is 22.3. The van der Waals surface area contributed by atoms with Gasteiger partial charge in [-0.3, -0.25) is 4.79 Å². The average Bonchev–Trinajstić information content (AvgIpc) is 2.65. The quantitative estimate of drug-likeness (QED) is 0.289. The Balaban J connectivity index is 2.44. The molecule has 0 radical (unpaired) electrons. The second-order valence-corrected chi connectivity index (χ2v) is 10.6. The SMILES string of the molecule is C=CCC[C@@H]1C(=O)C(Cl)(Cl)[C@H]1O[C@@H](C)c1c(C(C)C)cc(C(C)C)cc1C(C)C. The van der Waals surface area contributed by atoms with Crippen LogP contribution < -0.4 is 0 Å². The molecular weight excluding hydrogens is 403 g/mol. The van der Waals surface area contributed by atoms with Crippen LogP contribution in [0.15, 0.2) is 24.8 Å². The molecule has 4 heteroatoms. The van der Waals surface area contributed by atoms with E-state index in [-0.39, 0.29) is 17.8 Å². The molecule has 0 spiro atoms. The summed E-state index contributed by atoms with van der Waals surface area (Å²) in [6.45, 7) is 19.1. The van der Waals surface area contributed by atoms with Gasteiger partial charge in [0.05, 0.1) is 12.0 Å². The van der Waals surface area contributed by atoms with Gasteiger partial charge in [-0.15, -0.1) is 6.58 Å². The highest BCUT2D eigenvalue weighted by Crippen LogP contribution is 2.50. The summed E-state index contributed by atoms with van der Waals surface area (Å²) in [4.78, 5) is 12.4. The highest BCUT2D eigenvalue weighted by atomic mass is 35.5. The van der Waals surface area contributed by atoms with Crippen LogP contribution >= 0.6 is 23.2 Å². The third-order valence-corrected chi connectivity index (χ3v) is 6.81. The average molecular weight is 439 g/mol. The number of rotatable bonds is 9. The van der Waals surface area contributed by atoms with E-state index in [1.54, 1.807) is 0 Å². The van der Waals surface area contributed by atoms with Crippen molar-refractivity contribution in [3.8, 4) is 0 Å². The second-order valence-electron chi connectivity index (χ2n) is 9.24. The number of carbonyl (C=O) groups excluding carboxylic acids is 1. The Morgan fingerprint density at radius 3 is 1.97 bits per heavy atom. The Morgan fingerprint density at radius 2 is 1.55 bits per heavy atom. The molecule has 0 aromatic heterocycles. The number of hydrogen-bond donors (Lipinski definition) is 0. The molecule has 0 unspecified atom stereocenters. The molecule has 0 heterocycles. The van der Waals surface area contributed by atoms with Crippen molar-refractivity contribution < 1.29 is 9.53 Å². The minimum absolute atomic E-state index is 0.136. The molecule has 1 aromatic rings. The third-order valence-electron chi connectivity index (χ3n) is 6.00. The fraction of sp³-hybridized carbons (Fsp3) is 0.640. The molecule has 0 bridgehead atoms. The van der Waals surface area contributed by atoms with Gasteiger partial charge in [0.1, 0.15) is 6.10 Å². The van der Waals surface area contributed by atoms with E-state index in [2.05, 4.69) is 67.2 Å². The van der Waals surface area contributed by atoms with Gasteiger partial charge < -0.3 is 4.74 Å². The number of ether oxygens (including phenoxy) is 1. The Kier molecular flexibility index (Phi) is 8.04. The standard InChI is InChI=1S/C25H36Cl2O2/c1-9-10-11-19-23(28)25(26,27)24(19)29-17(8)22-20(15(4)5)12-18(14(2)3)13-21(22)16(6)7/h9,12-17,19,24H,1,10-11H2,2-8H3/t17-,19+,24-/m0/s1. The van der Waals surface area contributed by atoms with Crippen LogP contribution in [0.2, 0.25) is 0 Å². The van der Waals surface area contributed by atoms with Crippen molar-refractivity contribution in [2.75, 3.05) is 0 Å².